The van der Waals surface area contributed by atoms with E-state index in [0.29, 0.717) is 19.4 Å². The fourth-order valence-electron chi connectivity index (χ4n) is 1.49. The number of hydrogen-bond donors (Lipinski definition) is 1. The van der Waals surface area contributed by atoms with Crippen LogP contribution < -0.4 is 0 Å². The SMILES string of the molecule is CCC1(S(=O)(=O)O)CCCCO1. The Morgan fingerprint density at radius 1 is 1.50 bits per heavy atom. The molecule has 1 atom stereocenters. The Morgan fingerprint density at radius 3 is 2.42 bits per heavy atom. The Bertz CT molecular complexity index is 238. The maximum atomic E-state index is 11.0. The standard InChI is InChI=1S/C7H14O4S/c1-2-7(12(8,9)10)5-3-4-6-11-7/h2-6H2,1H3,(H,8,9,10). The second kappa shape index (κ2) is 3.32. The summed E-state index contributed by atoms with van der Waals surface area (Å²) in [5.41, 5.74) is 0. The lowest BCUT2D eigenvalue weighted by atomic mass is 10.1. The number of hydrogen-bond acceptors (Lipinski definition) is 3. The van der Waals surface area contributed by atoms with Gasteiger partial charge in [0, 0.05) is 6.61 Å². The van der Waals surface area contributed by atoms with Gasteiger partial charge in [0.2, 0.25) is 0 Å². The largest absolute Gasteiger partial charge is 0.357 e. The van der Waals surface area contributed by atoms with E-state index in [1.165, 1.54) is 0 Å². The minimum Gasteiger partial charge on any atom is -0.357 e. The van der Waals surface area contributed by atoms with E-state index < -0.39 is 15.1 Å². The molecule has 0 saturated carbocycles. The molecule has 0 aromatic heterocycles. The van der Waals surface area contributed by atoms with Gasteiger partial charge in [-0.2, -0.15) is 8.42 Å². The molecular formula is C7H14O4S. The van der Waals surface area contributed by atoms with E-state index in [9.17, 15) is 8.42 Å². The van der Waals surface area contributed by atoms with E-state index >= 15 is 0 Å². The molecule has 1 aliphatic heterocycles. The normalized spacial score (nSPS) is 31.8. The molecular weight excluding hydrogens is 180 g/mol. The second-order valence-electron chi connectivity index (χ2n) is 3.04. The van der Waals surface area contributed by atoms with Crippen molar-refractivity contribution in [3.05, 3.63) is 0 Å². The molecule has 0 amide bonds. The van der Waals surface area contributed by atoms with Crippen LogP contribution in [0.2, 0.25) is 0 Å². The van der Waals surface area contributed by atoms with E-state index in [1.54, 1.807) is 6.92 Å². The molecule has 12 heavy (non-hydrogen) atoms. The molecule has 1 heterocycles. The van der Waals surface area contributed by atoms with E-state index in [0.717, 1.165) is 12.8 Å². The minimum absolute atomic E-state index is 0.311. The van der Waals surface area contributed by atoms with Crippen molar-refractivity contribution in [2.24, 2.45) is 0 Å². The van der Waals surface area contributed by atoms with Gasteiger partial charge in [-0.1, -0.05) is 6.92 Å². The van der Waals surface area contributed by atoms with Crippen LogP contribution in [0, 0.1) is 0 Å². The minimum atomic E-state index is -4.06. The first-order chi connectivity index (χ1) is 5.52. The maximum Gasteiger partial charge on any atom is 0.295 e. The van der Waals surface area contributed by atoms with Crippen molar-refractivity contribution in [3.63, 3.8) is 0 Å². The quantitative estimate of drug-likeness (QED) is 0.670. The highest BCUT2D eigenvalue weighted by Crippen LogP contribution is 2.32. The van der Waals surface area contributed by atoms with Gasteiger partial charge in [-0.25, -0.2) is 0 Å². The average molecular weight is 194 g/mol. The summed E-state index contributed by atoms with van der Waals surface area (Å²) >= 11 is 0. The van der Waals surface area contributed by atoms with E-state index in [4.69, 9.17) is 9.29 Å². The summed E-state index contributed by atoms with van der Waals surface area (Å²) in [5, 5.41) is 0. The van der Waals surface area contributed by atoms with Gasteiger partial charge in [0.05, 0.1) is 0 Å². The van der Waals surface area contributed by atoms with Crippen LogP contribution in [0.3, 0.4) is 0 Å². The van der Waals surface area contributed by atoms with Gasteiger partial charge in [0.15, 0.2) is 4.93 Å². The summed E-state index contributed by atoms with van der Waals surface area (Å²) in [6.07, 6.45) is 2.39. The van der Waals surface area contributed by atoms with Crippen LogP contribution >= 0.6 is 0 Å². The third kappa shape index (κ3) is 1.62. The fraction of sp³-hybridized carbons (Fsp3) is 1.00. The Morgan fingerprint density at radius 2 is 2.17 bits per heavy atom. The maximum absolute atomic E-state index is 11.0. The molecule has 5 heteroatoms. The van der Waals surface area contributed by atoms with Crippen LogP contribution in [0.4, 0.5) is 0 Å². The molecule has 0 radical (unpaired) electrons. The van der Waals surface area contributed by atoms with Crippen molar-refractivity contribution in [1.82, 2.24) is 0 Å². The predicted molar refractivity (Wildman–Crippen MR) is 44.4 cm³/mol. The average Bonchev–Trinajstić information content (AvgIpc) is 2.04. The molecule has 1 N–H and O–H groups in total. The smallest absolute Gasteiger partial charge is 0.295 e. The third-order valence-electron chi connectivity index (χ3n) is 2.33. The lowest BCUT2D eigenvalue weighted by Crippen LogP contribution is -2.43. The van der Waals surface area contributed by atoms with E-state index in [2.05, 4.69) is 0 Å². The fourth-order valence-corrected chi connectivity index (χ4v) is 2.49. The zero-order valence-electron chi connectivity index (χ0n) is 7.12. The Labute approximate surface area is 72.7 Å². The molecule has 0 aromatic rings. The number of ether oxygens (including phenoxy) is 1. The van der Waals surface area contributed by atoms with Crippen molar-refractivity contribution < 1.29 is 17.7 Å². The van der Waals surface area contributed by atoms with Gasteiger partial charge in [-0.3, -0.25) is 4.55 Å². The van der Waals surface area contributed by atoms with Gasteiger partial charge in [-0.05, 0) is 25.7 Å². The van der Waals surface area contributed by atoms with Crippen molar-refractivity contribution in [3.8, 4) is 0 Å². The Kier molecular flexibility index (Phi) is 2.75. The van der Waals surface area contributed by atoms with Gasteiger partial charge in [-0.15, -0.1) is 0 Å². The van der Waals surface area contributed by atoms with Crippen LogP contribution in [0.25, 0.3) is 0 Å². The van der Waals surface area contributed by atoms with Crippen LogP contribution in [0.5, 0.6) is 0 Å². The first-order valence-corrected chi connectivity index (χ1v) is 5.57. The zero-order valence-corrected chi connectivity index (χ0v) is 7.93. The molecule has 0 spiro atoms. The van der Waals surface area contributed by atoms with Gasteiger partial charge < -0.3 is 4.74 Å². The Balaban J connectivity index is 2.88. The zero-order chi connectivity index (χ0) is 9.24. The van der Waals surface area contributed by atoms with Gasteiger partial charge in [0.1, 0.15) is 0 Å². The highest BCUT2D eigenvalue weighted by Gasteiger charge is 2.43. The second-order valence-corrected chi connectivity index (χ2v) is 4.74. The molecule has 0 bridgehead atoms. The van der Waals surface area contributed by atoms with Gasteiger partial charge in [0.25, 0.3) is 10.1 Å². The molecule has 1 saturated heterocycles. The van der Waals surface area contributed by atoms with Crippen molar-refractivity contribution in [1.29, 1.82) is 0 Å². The summed E-state index contributed by atoms with van der Waals surface area (Å²) in [6, 6.07) is 0. The van der Waals surface area contributed by atoms with E-state index in [-0.39, 0.29) is 0 Å². The number of rotatable bonds is 2. The summed E-state index contributed by atoms with van der Waals surface area (Å²) in [7, 11) is -4.06. The van der Waals surface area contributed by atoms with Crippen LogP contribution in [-0.2, 0) is 14.9 Å². The van der Waals surface area contributed by atoms with E-state index in [1.807, 2.05) is 0 Å². The predicted octanol–water partition coefficient (Wildman–Crippen LogP) is 1.18. The highest BCUT2D eigenvalue weighted by molar-refractivity contribution is 7.87. The van der Waals surface area contributed by atoms with Crippen molar-refractivity contribution in [2.45, 2.75) is 37.5 Å². The third-order valence-corrected chi connectivity index (χ3v) is 3.88. The summed E-state index contributed by atoms with van der Waals surface area (Å²) in [5.74, 6) is 0. The lowest BCUT2D eigenvalue weighted by Gasteiger charge is -2.33. The van der Waals surface area contributed by atoms with Crippen LogP contribution in [-0.4, -0.2) is 24.5 Å². The van der Waals surface area contributed by atoms with Crippen molar-refractivity contribution in [2.75, 3.05) is 6.61 Å². The molecule has 1 fully saturated rings. The van der Waals surface area contributed by atoms with Crippen LogP contribution in [0.15, 0.2) is 0 Å². The Hall–Kier alpha value is -0.130. The van der Waals surface area contributed by atoms with Crippen molar-refractivity contribution >= 4 is 10.1 Å². The highest BCUT2D eigenvalue weighted by atomic mass is 32.2. The monoisotopic (exact) mass is 194 g/mol. The summed E-state index contributed by atoms with van der Waals surface area (Å²) in [6.45, 7) is 2.13. The first kappa shape index (κ1) is 9.95. The summed E-state index contributed by atoms with van der Waals surface area (Å²) < 4.78 is 36.0. The lowest BCUT2D eigenvalue weighted by molar-refractivity contribution is -0.0254. The topological polar surface area (TPSA) is 63.6 Å². The summed E-state index contributed by atoms with van der Waals surface area (Å²) in [4.78, 5) is -1.31. The molecule has 72 valence electrons. The molecule has 4 nitrogen and oxygen atoms in total. The van der Waals surface area contributed by atoms with Crippen LogP contribution in [0.1, 0.15) is 32.6 Å². The van der Waals surface area contributed by atoms with Gasteiger partial charge >= 0.3 is 0 Å². The molecule has 0 aliphatic carbocycles. The molecule has 1 aliphatic rings. The molecule has 1 rings (SSSR count). The first-order valence-electron chi connectivity index (χ1n) is 4.13. The molecule has 1 unspecified atom stereocenters. The molecule has 0 aromatic carbocycles.